The Balaban J connectivity index is 1.83. The molecule has 0 saturated heterocycles. The summed E-state index contributed by atoms with van der Waals surface area (Å²) >= 11 is 0. The number of amides is 2. The van der Waals surface area contributed by atoms with Crippen LogP contribution in [0.2, 0.25) is 0 Å². The predicted octanol–water partition coefficient (Wildman–Crippen LogP) is 2.70. The summed E-state index contributed by atoms with van der Waals surface area (Å²) in [5.41, 5.74) is -0.0603. The van der Waals surface area contributed by atoms with Crippen LogP contribution in [0.4, 0.5) is 4.79 Å². The van der Waals surface area contributed by atoms with Crippen molar-refractivity contribution >= 4 is 12.0 Å². The van der Waals surface area contributed by atoms with E-state index in [-0.39, 0.29) is 36.6 Å². The van der Waals surface area contributed by atoms with Crippen LogP contribution in [0.5, 0.6) is 5.75 Å². The topological polar surface area (TPSA) is 98.1 Å². The van der Waals surface area contributed by atoms with Crippen LogP contribution in [0, 0.1) is 0 Å². The summed E-state index contributed by atoms with van der Waals surface area (Å²) in [5, 5.41) is 2.59. The highest BCUT2D eigenvalue weighted by Crippen LogP contribution is 2.10. The smallest absolute Gasteiger partial charge is 0.410 e. The van der Waals surface area contributed by atoms with Gasteiger partial charge in [0.1, 0.15) is 30.8 Å². The van der Waals surface area contributed by atoms with Gasteiger partial charge in [-0.05, 0) is 26.3 Å². The summed E-state index contributed by atoms with van der Waals surface area (Å²) in [4.78, 5) is 37.2. The van der Waals surface area contributed by atoms with Gasteiger partial charge in [-0.25, -0.2) is 4.79 Å². The highest BCUT2D eigenvalue weighted by molar-refractivity contribution is 5.82. The van der Waals surface area contributed by atoms with Crippen molar-refractivity contribution in [2.75, 3.05) is 13.6 Å². The molecular weight excluding hydrogens is 376 g/mol. The fourth-order valence-corrected chi connectivity index (χ4v) is 2.23. The molecule has 1 N–H and O–H groups in total. The van der Waals surface area contributed by atoms with Gasteiger partial charge >= 0.3 is 6.09 Å². The Kier molecular flexibility index (Phi) is 7.41. The monoisotopic (exact) mass is 402 g/mol. The van der Waals surface area contributed by atoms with Crippen molar-refractivity contribution in [1.82, 2.24) is 10.2 Å². The van der Waals surface area contributed by atoms with E-state index in [1.54, 1.807) is 20.8 Å². The van der Waals surface area contributed by atoms with E-state index in [0.717, 1.165) is 10.5 Å². The van der Waals surface area contributed by atoms with Crippen LogP contribution >= 0.6 is 0 Å². The van der Waals surface area contributed by atoms with Crippen molar-refractivity contribution in [3.63, 3.8) is 0 Å². The lowest BCUT2D eigenvalue weighted by molar-refractivity contribution is -0.122. The molecule has 0 spiro atoms. The van der Waals surface area contributed by atoms with Gasteiger partial charge in [0.2, 0.25) is 17.1 Å². The Bertz CT molecular complexity index is 886. The lowest BCUT2D eigenvalue weighted by Gasteiger charge is -2.24. The summed E-state index contributed by atoms with van der Waals surface area (Å²) in [5.74, 6) is -0.0469. The molecule has 29 heavy (non-hydrogen) atoms. The van der Waals surface area contributed by atoms with E-state index in [1.807, 2.05) is 30.3 Å². The Morgan fingerprint density at radius 2 is 1.86 bits per heavy atom. The summed E-state index contributed by atoms with van der Waals surface area (Å²) in [6.45, 7) is 5.31. The number of hydrogen-bond donors (Lipinski definition) is 1. The van der Waals surface area contributed by atoms with Crippen molar-refractivity contribution < 1.29 is 23.5 Å². The number of likely N-dealkylation sites (N-methyl/N-ethyl adjacent to an activating group) is 1. The standard InChI is InChI=1S/C21H26N2O6/c1-21(2,3)29-20(26)23(4)12-19(25)22-11-16-10-17(24)18(14-27-16)28-13-15-8-6-5-7-9-15/h5-10,14H,11-13H2,1-4H3,(H,22,25). The molecule has 0 aliphatic heterocycles. The number of rotatable bonds is 7. The second-order valence-electron chi connectivity index (χ2n) is 7.46. The van der Waals surface area contributed by atoms with Gasteiger partial charge in [0, 0.05) is 13.1 Å². The molecule has 8 nitrogen and oxygen atoms in total. The van der Waals surface area contributed by atoms with Gasteiger partial charge in [-0.1, -0.05) is 30.3 Å². The van der Waals surface area contributed by atoms with Gasteiger partial charge < -0.3 is 24.1 Å². The lowest BCUT2D eigenvalue weighted by Crippen LogP contribution is -2.40. The third-order valence-electron chi connectivity index (χ3n) is 3.64. The zero-order chi connectivity index (χ0) is 21.4. The molecule has 2 aromatic rings. The zero-order valence-electron chi connectivity index (χ0n) is 17.1. The summed E-state index contributed by atoms with van der Waals surface area (Å²) < 4.78 is 16.0. The molecule has 1 heterocycles. The number of carbonyl (C=O) groups is 2. The molecule has 0 atom stereocenters. The number of carbonyl (C=O) groups excluding carboxylic acids is 2. The van der Waals surface area contributed by atoms with E-state index in [2.05, 4.69) is 5.32 Å². The normalized spacial score (nSPS) is 10.9. The van der Waals surface area contributed by atoms with Gasteiger partial charge in [0.25, 0.3) is 0 Å². The van der Waals surface area contributed by atoms with Crippen molar-refractivity contribution in [3.8, 4) is 5.75 Å². The molecule has 0 unspecified atom stereocenters. The summed E-state index contributed by atoms with van der Waals surface area (Å²) in [6, 6.07) is 10.7. The number of hydrogen-bond acceptors (Lipinski definition) is 6. The molecule has 2 amide bonds. The van der Waals surface area contributed by atoms with Crippen LogP contribution in [0.25, 0.3) is 0 Å². The minimum atomic E-state index is -0.643. The summed E-state index contributed by atoms with van der Waals surface area (Å²) in [7, 11) is 1.46. The molecule has 1 aromatic heterocycles. The largest absolute Gasteiger partial charge is 0.482 e. The average molecular weight is 402 g/mol. The van der Waals surface area contributed by atoms with Crippen LogP contribution in [-0.4, -0.2) is 36.1 Å². The molecule has 1 aromatic carbocycles. The Morgan fingerprint density at radius 3 is 2.48 bits per heavy atom. The first-order chi connectivity index (χ1) is 13.6. The fraction of sp³-hybridized carbons (Fsp3) is 0.381. The van der Waals surface area contributed by atoms with Crippen molar-refractivity contribution in [3.05, 3.63) is 64.2 Å². The molecule has 0 bridgehead atoms. The predicted molar refractivity (Wildman–Crippen MR) is 106 cm³/mol. The fourth-order valence-electron chi connectivity index (χ4n) is 2.23. The minimum absolute atomic E-state index is 0.00912. The van der Waals surface area contributed by atoms with E-state index in [4.69, 9.17) is 13.9 Å². The third-order valence-corrected chi connectivity index (χ3v) is 3.64. The SMILES string of the molecule is CN(CC(=O)NCc1cc(=O)c(OCc2ccccc2)co1)C(=O)OC(C)(C)C. The lowest BCUT2D eigenvalue weighted by atomic mass is 10.2. The maximum absolute atomic E-state index is 12.1. The van der Waals surface area contributed by atoms with Crippen LogP contribution in [0.15, 0.2) is 51.9 Å². The van der Waals surface area contributed by atoms with Crippen LogP contribution in [0.3, 0.4) is 0 Å². The number of nitrogens with zero attached hydrogens (tertiary/aromatic N) is 1. The average Bonchev–Trinajstić information content (AvgIpc) is 2.65. The number of nitrogens with one attached hydrogen (secondary N) is 1. The molecular formula is C21H26N2O6. The molecule has 156 valence electrons. The maximum Gasteiger partial charge on any atom is 0.410 e. The van der Waals surface area contributed by atoms with Crippen LogP contribution in [0.1, 0.15) is 32.1 Å². The first-order valence-corrected chi connectivity index (χ1v) is 9.13. The Hall–Kier alpha value is -3.29. The minimum Gasteiger partial charge on any atom is -0.482 e. The third kappa shape index (κ3) is 7.69. The van der Waals surface area contributed by atoms with E-state index >= 15 is 0 Å². The van der Waals surface area contributed by atoms with Gasteiger partial charge in [-0.3, -0.25) is 9.59 Å². The second-order valence-corrected chi connectivity index (χ2v) is 7.46. The van der Waals surface area contributed by atoms with Crippen molar-refractivity contribution in [1.29, 1.82) is 0 Å². The van der Waals surface area contributed by atoms with E-state index in [9.17, 15) is 14.4 Å². The van der Waals surface area contributed by atoms with Crippen LogP contribution < -0.4 is 15.5 Å². The molecule has 0 radical (unpaired) electrons. The molecule has 0 aliphatic carbocycles. The molecule has 8 heteroatoms. The molecule has 0 fully saturated rings. The molecule has 0 saturated carbocycles. The van der Waals surface area contributed by atoms with Gasteiger partial charge in [-0.2, -0.15) is 0 Å². The van der Waals surface area contributed by atoms with Gasteiger partial charge in [0.05, 0.1) is 6.54 Å². The van der Waals surface area contributed by atoms with Crippen molar-refractivity contribution in [2.45, 2.75) is 39.5 Å². The van der Waals surface area contributed by atoms with Gasteiger partial charge in [-0.15, -0.1) is 0 Å². The highest BCUT2D eigenvalue weighted by atomic mass is 16.6. The first-order valence-electron chi connectivity index (χ1n) is 9.13. The first kappa shape index (κ1) is 22.0. The quantitative estimate of drug-likeness (QED) is 0.765. The molecule has 0 aliphatic rings. The number of ether oxygens (including phenoxy) is 2. The van der Waals surface area contributed by atoms with E-state index in [1.165, 1.54) is 19.4 Å². The second kappa shape index (κ2) is 9.77. The maximum atomic E-state index is 12.1. The van der Waals surface area contributed by atoms with Gasteiger partial charge in [0.15, 0.2) is 0 Å². The van der Waals surface area contributed by atoms with E-state index < -0.39 is 17.6 Å². The highest BCUT2D eigenvalue weighted by Gasteiger charge is 2.21. The Labute approximate surface area is 169 Å². The van der Waals surface area contributed by atoms with Crippen molar-refractivity contribution in [2.24, 2.45) is 0 Å². The number of benzene rings is 1. The molecule has 2 rings (SSSR count). The Morgan fingerprint density at radius 1 is 1.17 bits per heavy atom. The van der Waals surface area contributed by atoms with E-state index in [0.29, 0.717) is 0 Å². The zero-order valence-corrected chi connectivity index (χ0v) is 17.1. The van der Waals surface area contributed by atoms with Crippen LogP contribution in [-0.2, 0) is 22.7 Å². The summed E-state index contributed by atoms with van der Waals surface area (Å²) in [6.07, 6.45) is 0.624.